The molecule has 9 heteroatoms. The lowest BCUT2D eigenvalue weighted by Crippen LogP contribution is -2.41. The van der Waals surface area contributed by atoms with Crippen molar-refractivity contribution in [3.8, 4) is 0 Å². The van der Waals surface area contributed by atoms with Gasteiger partial charge in [0.05, 0.1) is 6.54 Å². The van der Waals surface area contributed by atoms with Crippen LogP contribution < -0.4 is 10.6 Å². The summed E-state index contributed by atoms with van der Waals surface area (Å²) in [5.74, 6) is -2.47. The quantitative estimate of drug-likeness (QED) is 0.389. The molecule has 0 radical (unpaired) electrons. The average molecular weight is 259 g/mol. The predicted octanol–water partition coefficient (Wildman–Crippen LogP) is -2.51. The summed E-state index contributed by atoms with van der Waals surface area (Å²) >= 11 is 0. The zero-order valence-corrected chi connectivity index (χ0v) is 9.38. The Morgan fingerprint density at radius 1 is 1.44 bits per heavy atom. The molecule has 0 aromatic carbocycles. The fraction of sp³-hybridized carbons (Fsp3) is 0.556. The Balaban J connectivity index is 2.28. The number of hydrogen-bond donors (Lipinski definition) is 4. The maximum absolute atomic E-state index is 11.3. The number of nitrogens with zero attached hydrogens (tertiary/aromatic N) is 1. The number of aliphatic hydroxyl groups excluding tert-OH is 1. The van der Waals surface area contributed by atoms with Crippen LogP contribution in [0.2, 0.25) is 0 Å². The maximum Gasteiger partial charge on any atom is 0.332 e. The number of aliphatic hydroxyl groups is 1. The minimum atomic E-state index is -1.55. The molecule has 4 amide bonds. The van der Waals surface area contributed by atoms with Gasteiger partial charge in [0.25, 0.3) is 5.91 Å². The summed E-state index contributed by atoms with van der Waals surface area (Å²) in [5, 5.41) is 21.9. The molecule has 0 unspecified atom stereocenters. The largest absolute Gasteiger partial charge is 0.479 e. The lowest BCUT2D eigenvalue weighted by atomic mass is 10.2. The van der Waals surface area contributed by atoms with E-state index in [-0.39, 0.29) is 19.5 Å². The molecule has 0 saturated carbocycles. The number of hydrogen-bond acceptors (Lipinski definition) is 5. The standard InChI is InChI=1S/C9H13N3O6/c13-5(8(16)17)1-2-10-6(14)4-12-7(15)3-11-9(12)18/h5,13H,1-4H2,(H,10,14)(H,11,18)(H,16,17)/t5-/m0/s1. The summed E-state index contributed by atoms with van der Waals surface area (Å²) < 4.78 is 0. The predicted molar refractivity (Wildman–Crippen MR) is 56.4 cm³/mol. The van der Waals surface area contributed by atoms with Gasteiger partial charge in [0.1, 0.15) is 6.54 Å². The van der Waals surface area contributed by atoms with Crippen LogP contribution in [0.5, 0.6) is 0 Å². The van der Waals surface area contributed by atoms with Gasteiger partial charge in [-0.2, -0.15) is 0 Å². The normalized spacial score (nSPS) is 16.4. The van der Waals surface area contributed by atoms with E-state index in [9.17, 15) is 19.2 Å². The third-order valence-electron chi connectivity index (χ3n) is 2.26. The molecule has 18 heavy (non-hydrogen) atoms. The first kappa shape index (κ1) is 13.9. The lowest BCUT2D eigenvalue weighted by molar-refractivity contribution is -0.147. The number of carboxylic acid groups (broad SMARTS) is 1. The summed E-state index contributed by atoms with van der Waals surface area (Å²) in [7, 11) is 0. The fourth-order valence-electron chi connectivity index (χ4n) is 1.29. The smallest absolute Gasteiger partial charge is 0.332 e. The van der Waals surface area contributed by atoms with Gasteiger partial charge >= 0.3 is 12.0 Å². The van der Waals surface area contributed by atoms with E-state index in [1.807, 2.05) is 0 Å². The number of imide groups is 1. The Hall–Kier alpha value is -2.16. The summed E-state index contributed by atoms with van der Waals surface area (Å²) in [6, 6.07) is -0.638. The highest BCUT2D eigenvalue weighted by Gasteiger charge is 2.29. The molecular weight excluding hydrogens is 246 g/mol. The minimum Gasteiger partial charge on any atom is -0.479 e. The van der Waals surface area contributed by atoms with E-state index in [1.54, 1.807) is 0 Å². The van der Waals surface area contributed by atoms with Crippen molar-refractivity contribution >= 4 is 23.8 Å². The molecule has 1 saturated heterocycles. The molecule has 1 heterocycles. The number of amides is 4. The van der Waals surface area contributed by atoms with E-state index in [2.05, 4.69) is 10.6 Å². The Morgan fingerprint density at radius 3 is 2.61 bits per heavy atom. The Kier molecular flexibility index (Phi) is 4.60. The van der Waals surface area contributed by atoms with Gasteiger partial charge in [-0.3, -0.25) is 14.5 Å². The van der Waals surface area contributed by atoms with E-state index >= 15 is 0 Å². The van der Waals surface area contributed by atoms with Gasteiger partial charge in [-0.15, -0.1) is 0 Å². The topological polar surface area (TPSA) is 136 Å². The summed E-state index contributed by atoms with van der Waals surface area (Å²) in [6.07, 6.45) is -1.71. The first-order valence-corrected chi connectivity index (χ1v) is 5.17. The van der Waals surface area contributed by atoms with Gasteiger partial charge in [-0.25, -0.2) is 9.59 Å². The van der Waals surface area contributed by atoms with Gasteiger partial charge in [-0.05, 0) is 0 Å². The van der Waals surface area contributed by atoms with Crippen molar-refractivity contribution in [1.29, 1.82) is 0 Å². The molecule has 0 spiro atoms. The zero-order chi connectivity index (χ0) is 13.7. The van der Waals surface area contributed by atoms with Gasteiger partial charge < -0.3 is 20.8 Å². The van der Waals surface area contributed by atoms with Crippen LogP contribution in [0.25, 0.3) is 0 Å². The molecule has 1 aliphatic rings. The van der Waals surface area contributed by atoms with E-state index in [4.69, 9.17) is 10.2 Å². The molecule has 1 rings (SSSR count). The first-order valence-electron chi connectivity index (χ1n) is 5.17. The van der Waals surface area contributed by atoms with E-state index in [1.165, 1.54) is 0 Å². The van der Waals surface area contributed by atoms with Crippen molar-refractivity contribution in [2.45, 2.75) is 12.5 Å². The molecule has 1 aliphatic heterocycles. The highest BCUT2D eigenvalue weighted by Crippen LogP contribution is 1.98. The second-order valence-electron chi connectivity index (χ2n) is 3.63. The van der Waals surface area contributed by atoms with Crippen LogP contribution >= 0.6 is 0 Å². The molecule has 9 nitrogen and oxygen atoms in total. The number of carbonyl (C=O) groups excluding carboxylic acids is 3. The number of rotatable bonds is 6. The third-order valence-corrected chi connectivity index (χ3v) is 2.26. The number of nitrogens with one attached hydrogen (secondary N) is 2. The molecular formula is C9H13N3O6. The van der Waals surface area contributed by atoms with Crippen LogP contribution in [-0.4, -0.2) is 64.7 Å². The summed E-state index contributed by atoms with van der Waals surface area (Å²) in [6.45, 7) is -0.617. The molecule has 0 aromatic heterocycles. The SMILES string of the molecule is O=C(CN1C(=O)CNC1=O)NCC[C@H](O)C(=O)O. The zero-order valence-electron chi connectivity index (χ0n) is 9.38. The molecule has 0 aromatic rings. The number of carboxylic acids is 1. The van der Waals surface area contributed by atoms with E-state index < -0.39 is 36.5 Å². The summed E-state index contributed by atoms with van der Waals surface area (Å²) in [5.41, 5.74) is 0. The van der Waals surface area contributed by atoms with Crippen molar-refractivity contribution in [1.82, 2.24) is 15.5 Å². The number of urea groups is 1. The molecule has 0 aliphatic carbocycles. The van der Waals surface area contributed by atoms with E-state index in [0.717, 1.165) is 4.90 Å². The van der Waals surface area contributed by atoms with Crippen molar-refractivity contribution in [2.24, 2.45) is 0 Å². The molecule has 1 atom stereocenters. The number of aliphatic carboxylic acids is 1. The monoisotopic (exact) mass is 259 g/mol. The van der Waals surface area contributed by atoms with Gasteiger partial charge in [-0.1, -0.05) is 0 Å². The van der Waals surface area contributed by atoms with Crippen molar-refractivity contribution < 1.29 is 29.4 Å². The van der Waals surface area contributed by atoms with Crippen LogP contribution in [0.4, 0.5) is 4.79 Å². The Bertz CT molecular complexity index is 366. The van der Waals surface area contributed by atoms with Gasteiger partial charge in [0.15, 0.2) is 6.10 Å². The average Bonchev–Trinajstić information content (AvgIpc) is 2.60. The van der Waals surface area contributed by atoms with Crippen LogP contribution in [0.15, 0.2) is 0 Å². The van der Waals surface area contributed by atoms with Gasteiger partial charge in [0.2, 0.25) is 5.91 Å². The highest BCUT2D eigenvalue weighted by molar-refractivity contribution is 6.04. The molecule has 100 valence electrons. The van der Waals surface area contributed by atoms with Crippen LogP contribution in [-0.2, 0) is 14.4 Å². The first-order chi connectivity index (χ1) is 8.41. The fourth-order valence-corrected chi connectivity index (χ4v) is 1.29. The molecule has 4 N–H and O–H groups in total. The summed E-state index contributed by atoms with van der Waals surface area (Å²) in [4.78, 5) is 44.6. The van der Waals surface area contributed by atoms with Crippen LogP contribution in [0.3, 0.4) is 0 Å². The van der Waals surface area contributed by atoms with Gasteiger partial charge in [0, 0.05) is 13.0 Å². The van der Waals surface area contributed by atoms with Crippen molar-refractivity contribution in [2.75, 3.05) is 19.6 Å². The van der Waals surface area contributed by atoms with Crippen molar-refractivity contribution in [3.63, 3.8) is 0 Å². The van der Waals surface area contributed by atoms with Crippen LogP contribution in [0, 0.1) is 0 Å². The van der Waals surface area contributed by atoms with Crippen molar-refractivity contribution in [3.05, 3.63) is 0 Å². The number of carbonyl (C=O) groups is 4. The van der Waals surface area contributed by atoms with E-state index in [0.29, 0.717) is 0 Å². The minimum absolute atomic E-state index is 0.0596. The second-order valence-corrected chi connectivity index (χ2v) is 3.63. The van der Waals surface area contributed by atoms with Crippen LogP contribution in [0.1, 0.15) is 6.42 Å². The molecule has 1 fully saturated rings. The second kappa shape index (κ2) is 5.96. The maximum atomic E-state index is 11.3. The third kappa shape index (κ3) is 3.70. The molecule has 0 bridgehead atoms. The Labute approximate surface area is 102 Å². The Morgan fingerprint density at radius 2 is 2.11 bits per heavy atom. The lowest BCUT2D eigenvalue weighted by Gasteiger charge is -2.12. The highest BCUT2D eigenvalue weighted by atomic mass is 16.4.